The minimum absolute atomic E-state index is 0.0301. The van der Waals surface area contributed by atoms with Crippen LogP contribution in [0, 0.1) is 0 Å². The molecule has 3 rings (SSSR count). The Hall–Kier alpha value is -0.180. The van der Waals surface area contributed by atoms with Crippen LogP contribution in [0.5, 0.6) is 0 Å². The number of fused-ring (bicyclic) bond motifs is 2. The highest BCUT2D eigenvalue weighted by Gasteiger charge is 2.53. The molecule has 2 unspecified atom stereocenters. The van der Waals surface area contributed by atoms with Gasteiger partial charge >= 0.3 is 0 Å². The average Bonchev–Trinajstić information content (AvgIpc) is 1.58. The van der Waals surface area contributed by atoms with Gasteiger partial charge in [0.25, 0.3) is 5.92 Å². The maximum atomic E-state index is 12.5. The number of halogens is 2. The Labute approximate surface area is 52.0 Å². The maximum absolute atomic E-state index is 12.5. The molecule has 2 bridgehead atoms. The summed E-state index contributed by atoms with van der Waals surface area (Å²) < 4.78 is 29.9. The number of hydrogen-bond acceptors (Lipinski definition) is 1. The van der Waals surface area contributed by atoms with Gasteiger partial charge in [-0.3, -0.25) is 0 Å². The first-order chi connectivity index (χ1) is 4.18. The number of rotatable bonds is 0. The Morgan fingerprint density at radius 2 is 2.11 bits per heavy atom. The maximum Gasteiger partial charge on any atom is 0.273 e. The fourth-order valence-electron chi connectivity index (χ4n) is 1.43. The summed E-state index contributed by atoms with van der Waals surface area (Å²) in [5.41, 5.74) is 0. The number of ether oxygens (including phenoxy) is 1. The van der Waals surface area contributed by atoms with Gasteiger partial charge in [-0.1, -0.05) is 0 Å². The van der Waals surface area contributed by atoms with E-state index in [2.05, 4.69) is 0 Å². The van der Waals surface area contributed by atoms with Gasteiger partial charge in [-0.25, -0.2) is 8.78 Å². The topological polar surface area (TPSA) is 9.23 Å². The van der Waals surface area contributed by atoms with Gasteiger partial charge in [0, 0.05) is 12.8 Å². The van der Waals surface area contributed by atoms with Crippen molar-refractivity contribution in [2.24, 2.45) is 0 Å². The minimum Gasteiger partial charge on any atom is -0.369 e. The molecule has 3 aliphatic rings. The number of alkyl halides is 2. The highest BCUT2D eigenvalue weighted by atomic mass is 19.3. The molecule has 0 amide bonds. The van der Waals surface area contributed by atoms with Gasteiger partial charge in [-0.15, -0.1) is 0 Å². The average molecular weight is 134 g/mol. The van der Waals surface area contributed by atoms with Crippen molar-refractivity contribution in [2.75, 3.05) is 0 Å². The highest BCUT2D eigenvalue weighted by Crippen LogP contribution is 2.44. The molecule has 0 spiro atoms. The minimum atomic E-state index is -2.52. The van der Waals surface area contributed by atoms with Crippen LogP contribution in [0.4, 0.5) is 8.78 Å². The van der Waals surface area contributed by atoms with E-state index in [0.717, 1.165) is 0 Å². The first-order valence-electron chi connectivity index (χ1n) is 3.22. The summed E-state index contributed by atoms with van der Waals surface area (Å²) in [5.74, 6) is -2.52. The Bertz CT molecular complexity index is 126. The molecule has 0 radical (unpaired) electrons. The van der Waals surface area contributed by atoms with Crippen molar-refractivity contribution in [1.82, 2.24) is 0 Å². The van der Waals surface area contributed by atoms with E-state index in [-0.39, 0.29) is 12.5 Å². The van der Waals surface area contributed by atoms with Crippen molar-refractivity contribution < 1.29 is 13.5 Å². The molecule has 3 heteroatoms. The van der Waals surface area contributed by atoms with Crippen molar-refractivity contribution >= 4 is 0 Å². The predicted molar refractivity (Wildman–Crippen MR) is 27.5 cm³/mol. The predicted octanol–water partition coefficient (Wildman–Crippen LogP) is 1.57. The second-order valence-electron chi connectivity index (χ2n) is 2.78. The lowest BCUT2D eigenvalue weighted by atomic mass is 9.86. The Morgan fingerprint density at radius 3 is 2.33 bits per heavy atom. The Balaban J connectivity index is 2.10. The lowest BCUT2D eigenvalue weighted by molar-refractivity contribution is -0.270. The molecule has 0 aromatic rings. The van der Waals surface area contributed by atoms with Gasteiger partial charge in [0.1, 0.15) is 6.10 Å². The van der Waals surface area contributed by atoms with Crippen molar-refractivity contribution in [3.05, 3.63) is 0 Å². The van der Waals surface area contributed by atoms with Gasteiger partial charge in [0.15, 0.2) is 0 Å². The molecule has 1 nitrogen and oxygen atoms in total. The zero-order chi connectivity index (χ0) is 6.48. The van der Waals surface area contributed by atoms with Crippen LogP contribution in [0.3, 0.4) is 0 Å². The van der Waals surface area contributed by atoms with E-state index in [0.29, 0.717) is 12.8 Å². The van der Waals surface area contributed by atoms with E-state index in [1.165, 1.54) is 0 Å². The molecular formula is C6H8F2O. The van der Waals surface area contributed by atoms with Crippen LogP contribution < -0.4 is 0 Å². The zero-order valence-electron chi connectivity index (χ0n) is 4.94. The fourth-order valence-corrected chi connectivity index (χ4v) is 1.43. The Morgan fingerprint density at radius 1 is 1.44 bits per heavy atom. The molecule has 2 heterocycles. The monoisotopic (exact) mass is 134 g/mol. The van der Waals surface area contributed by atoms with E-state index in [1.807, 2.05) is 0 Å². The summed E-state index contributed by atoms with van der Waals surface area (Å²) in [5, 5.41) is 0. The summed E-state index contributed by atoms with van der Waals surface area (Å²) in [6, 6.07) is 0. The third-order valence-corrected chi connectivity index (χ3v) is 2.10. The molecule has 0 aromatic carbocycles. The fraction of sp³-hybridized carbons (Fsp3) is 1.00. The van der Waals surface area contributed by atoms with Gasteiger partial charge in [-0.05, 0) is 6.42 Å². The summed E-state index contributed by atoms with van der Waals surface area (Å²) in [4.78, 5) is 0. The van der Waals surface area contributed by atoms with Gasteiger partial charge in [0.05, 0.1) is 6.10 Å². The molecule has 3 fully saturated rings. The first kappa shape index (κ1) is 5.59. The molecule has 0 aromatic heterocycles. The van der Waals surface area contributed by atoms with Crippen molar-refractivity contribution in [1.29, 1.82) is 0 Å². The second-order valence-corrected chi connectivity index (χ2v) is 2.78. The van der Waals surface area contributed by atoms with E-state index >= 15 is 0 Å². The lowest BCUT2D eigenvalue weighted by Crippen LogP contribution is -2.54. The highest BCUT2D eigenvalue weighted by molar-refractivity contribution is 4.94. The van der Waals surface area contributed by atoms with Crippen LogP contribution in [0.25, 0.3) is 0 Å². The van der Waals surface area contributed by atoms with E-state index < -0.39 is 12.0 Å². The lowest BCUT2D eigenvalue weighted by Gasteiger charge is -2.46. The molecular weight excluding hydrogens is 126 g/mol. The largest absolute Gasteiger partial charge is 0.369 e. The second kappa shape index (κ2) is 1.45. The zero-order valence-corrected chi connectivity index (χ0v) is 4.94. The van der Waals surface area contributed by atoms with Crippen LogP contribution >= 0.6 is 0 Å². The van der Waals surface area contributed by atoms with Gasteiger partial charge in [-0.2, -0.15) is 0 Å². The summed E-state index contributed by atoms with van der Waals surface area (Å²) in [6.07, 6.45) is 0.574. The van der Waals surface area contributed by atoms with E-state index in [9.17, 15) is 8.78 Å². The summed E-state index contributed by atoms with van der Waals surface area (Å²) in [7, 11) is 0. The first-order valence-corrected chi connectivity index (χ1v) is 3.22. The van der Waals surface area contributed by atoms with Gasteiger partial charge < -0.3 is 4.74 Å². The van der Waals surface area contributed by atoms with Crippen molar-refractivity contribution in [3.63, 3.8) is 0 Å². The van der Waals surface area contributed by atoms with Crippen LogP contribution in [-0.2, 0) is 4.74 Å². The molecule has 0 N–H and O–H groups in total. The Kier molecular flexibility index (Phi) is 0.903. The normalized spacial score (nSPS) is 46.0. The molecule has 9 heavy (non-hydrogen) atoms. The molecule has 1 aliphatic carbocycles. The molecule has 52 valence electrons. The van der Waals surface area contributed by atoms with Gasteiger partial charge in [0.2, 0.25) is 0 Å². The standard InChI is InChI=1S/C6H8F2O/c7-6(8)2-1-4-3-5(6)9-4/h4-5H,1-3H2. The quantitative estimate of drug-likeness (QED) is 0.488. The molecule has 1 saturated carbocycles. The smallest absolute Gasteiger partial charge is 0.273 e. The third kappa shape index (κ3) is 0.674. The number of hydrogen-bond donors (Lipinski definition) is 0. The molecule has 2 atom stereocenters. The summed E-state index contributed by atoms with van der Waals surface area (Å²) in [6.45, 7) is 0. The van der Waals surface area contributed by atoms with Crippen LogP contribution in [-0.4, -0.2) is 18.1 Å². The van der Waals surface area contributed by atoms with Crippen LogP contribution in [0.2, 0.25) is 0 Å². The molecule has 2 aliphatic heterocycles. The van der Waals surface area contributed by atoms with E-state index in [1.54, 1.807) is 0 Å². The SMILES string of the molecule is FC1(F)CCC2CC1O2. The van der Waals surface area contributed by atoms with Crippen molar-refractivity contribution in [3.8, 4) is 0 Å². The van der Waals surface area contributed by atoms with Crippen LogP contribution in [0.1, 0.15) is 19.3 Å². The van der Waals surface area contributed by atoms with E-state index in [4.69, 9.17) is 4.74 Å². The van der Waals surface area contributed by atoms with Crippen LogP contribution in [0.15, 0.2) is 0 Å². The molecule has 2 saturated heterocycles. The summed E-state index contributed by atoms with van der Waals surface area (Å²) >= 11 is 0. The van der Waals surface area contributed by atoms with Crippen molar-refractivity contribution in [2.45, 2.75) is 37.4 Å². The third-order valence-electron chi connectivity index (χ3n) is 2.10.